The Morgan fingerprint density at radius 1 is 0.979 bits per heavy atom. The van der Waals surface area contributed by atoms with Crippen molar-refractivity contribution < 1.29 is 37.4 Å². The summed E-state index contributed by atoms with van der Waals surface area (Å²) in [7, 11) is 1.51. The van der Waals surface area contributed by atoms with Crippen LogP contribution in [-0.2, 0) is 25.0 Å². The number of ether oxygens (including phenoxy) is 3. The standard InChI is InChI=1S/C36H47F2N3O6/c1-22-28(21-42)41-20-29(22)46-32-31(39-26-13-12-24(45-4)18-27(26)40-32)36(37,38)17-6-5-10-23-11-9-16-35(23,3)47-30(43)19-25(33(41)44)34(2)14-7-8-15-34/h12-13,18,21-23,25,28-29H,5-11,14-17,19-20H2,1-4H3/t22-,23+,25+,28+,29-,35+/m0/s1. The first-order valence-electron chi connectivity index (χ1n) is 17.3. The van der Waals surface area contributed by atoms with Crippen LogP contribution in [0.15, 0.2) is 18.2 Å². The maximum absolute atomic E-state index is 16.1. The average Bonchev–Trinajstić information content (AvgIpc) is 3.73. The quantitative estimate of drug-likeness (QED) is 0.263. The highest BCUT2D eigenvalue weighted by atomic mass is 19.3. The molecule has 1 saturated heterocycles. The molecule has 0 N–H and O–H groups in total. The molecule has 2 bridgehead atoms. The fourth-order valence-corrected chi connectivity index (χ4v) is 8.65. The highest BCUT2D eigenvalue weighted by Crippen LogP contribution is 2.49. The number of carbonyl (C=O) groups excluding carboxylic acids is 3. The Kier molecular flexibility index (Phi) is 9.21. The van der Waals surface area contributed by atoms with Gasteiger partial charge in [0.25, 0.3) is 5.92 Å². The SMILES string of the molecule is COc1ccc2nc3c(nc2c1)O[C@H]1CN(C(=O)[C@H](C2(C)CCCC2)CC(=O)O[C@]2(C)CCC[C@H]2CCCCC3(F)F)[C@H](C=O)[C@@H]1C. The fourth-order valence-electron chi connectivity index (χ4n) is 8.65. The Hall–Kier alpha value is -3.37. The summed E-state index contributed by atoms with van der Waals surface area (Å²) in [6.45, 7) is 5.77. The molecule has 0 spiro atoms. The van der Waals surface area contributed by atoms with Gasteiger partial charge in [-0.05, 0) is 75.3 Å². The zero-order chi connectivity index (χ0) is 33.6. The molecule has 1 aromatic carbocycles. The minimum atomic E-state index is -3.35. The Bertz CT molecular complexity index is 1510. The second kappa shape index (κ2) is 12.9. The van der Waals surface area contributed by atoms with E-state index >= 15 is 8.78 Å². The van der Waals surface area contributed by atoms with Crippen molar-refractivity contribution in [1.82, 2.24) is 14.9 Å². The number of amides is 1. The molecule has 0 radical (unpaired) electrons. The molecule has 3 fully saturated rings. The number of fused-ring (bicyclic) bond motifs is 5. The number of alkyl halides is 2. The summed E-state index contributed by atoms with van der Waals surface area (Å²) < 4.78 is 50.0. The van der Waals surface area contributed by atoms with E-state index in [0.29, 0.717) is 30.5 Å². The molecule has 4 aliphatic rings. The van der Waals surface area contributed by atoms with Crippen LogP contribution in [0.1, 0.15) is 104 Å². The van der Waals surface area contributed by atoms with Gasteiger partial charge in [0.1, 0.15) is 23.7 Å². The number of halogens is 2. The van der Waals surface area contributed by atoms with E-state index < -0.39 is 59.0 Å². The molecule has 2 aliphatic heterocycles. The first-order valence-corrected chi connectivity index (χ1v) is 17.3. The third-order valence-corrected chi connectivity index (χ3v) is 11.7. The smallest absolute Gasteiger partial charge is 0.307 e. The number of methoxy groups -OCH3 is 1. The first-order chi connectivity index (χ1) is 22.4. The van der Waals surface area contributed by atoms with Gasteiger partial charge in [-0.15, -0.1) is 0 Å². The number of rotatable bonds is 3. The van der Waals surface area contributed by atoms with E-state index in [0.717, 1.165) is 44.8 Å². The summed E-state index contributed by atoms with van der Waals surface area (Å²) in [5.74, 6) is -5.02. The third-order valence-electron chi connectivity index (χ3n) is 11.7. The molecule has 256 valence electrons. The number of hydrogen-bond donors (Lipinski definition) is 0. The monoisotopic (exact) mass is 655 g/mol. The Balaban J connectivity index is 1.41. The number of aromatic nitrogens is 2. The maximum Gasteiger partial charge on any atom is 0.307 e. The van der Waals surface area contributed by atoms with E-state index in [-0.39, 0.29) is 42.6 Å². The molecular formula is C36H47F2N3O6. The largest absolute Gasteiger partial charge is 0.497 e. The van der Waals surface area contributed by atoms with Crippen molar-refractivity contribution >= 4 is 29.2 Å². The Morgan fingerprint density at radius 2 is 1.70 bits per heavy atom. The molecule has 6 atom stereocenters. The molecule has 1 amide bonds. The third kappa shape index (κ3) is 6.43. The van der Waals surface area contributed by atoms with Gasteiger partial charge in [-0.25, -0.2) is 9.97 Å². The molecule has 1 aromatic heterocycles. The lowest BCUT2D eigenvalue weighted by Crippen LogP contribution is -2.47. The average molecular weight is 656 g/mol. The van der Waals surface area contributed by atoms with Gasteiger partial charge in [0.2, 0.25) is 11.8 Å². The summed E-state index contributed by atoms with van der Waals surface area (Å²) in [4.78, 5) is 51.1. The van der Waals surface area contributed by atoms with Crippen molar-refractivity contribution in [3.63, 3.8) is 0 Å². The number of carbonyl (C=O) groups is 3. The molecular weight excluding hydrogens is 608 g/mol. The van der Waals surface area contributed by atoms with Crippen molar-refractivity contribution in [2.24, 2.45) is 23.2 Å². The molecule has 6 rings (SSSR count). The summed E-state index contributed by atoms with van der Waals surface area (Å²) in [5, 5.41) is 0. The van der Waals surface area contributed by atoms with Gasteiger partial charge in [-0.1, -0.05) is 33.1 Å². The topological polar surface area (TPSA) is 108 Å². The Morgan fingerprint density at radius 3 is 2.43 bits per heavy atom. The maximum atomic E-state index is 16.1. The second-order valence-electron chi connectivity index (χ2n) is 14.8. The van der Waals surface area contributed by atoms with Gasteiger partial charge in [0.05, 0.1) is 43.1 Å². The molecule has 2 aromatic rings. The van der Waals surface area contributed by atoms with Crippen molar-refractivity contribution in [2.75, 3.05) is 13.7 Å². The summed E-state index contributed by atoms with van der Waals surface area (Å²) >= 11 is 0. The van der Waals surface area contributed by atoms with Gasteiger partial charge >= 0.3 is 5.97 Å². The van der Waals surface area contributed by atoms with Crippen molar-refractivity contribution in [3.05, 3.63) is 23.9 Å². The molecule has 2 aliphatic carbocycles. The fraction of sp³-hybridized carbons (Fsp3) is 0.694. The number of hydrogen-bond acceptors (Lipinski definition) is 8. The lowest BCUT2D eigenvalue weighted by molar-refractivity contribution is -0.167. The predicted molar refractivity (Wildman–Crippen MR) is 170 cm³/mol. The number of nitrogens with zero attached hydrogens (tertiary/aromatic N) is 3. The zero-order valence-corrected chi connectivity index (χ0v) is 27.9. The van der Waals surface area contributed by atoms with Crippen LogP contribution in [0.25, 0.3) is 11.0 Å². The van der Waals surface area contributed by atoms with Crippen LogP contribution in [0.3, 0.4) is 0 Å². The molecule has 9 nitrogen and oxygen atoms in total. The van der Waals surface area contributed by atoms with Crippen LogP contribution in [0.4, 0.5) is 8.78 Å². The normalized spacial score (nSPS) is 32.9. The highest BCUT2D eigenvalue weighted by molar-refractivity contribution is 5.87. The lowest BCUT2D eigenvalue weighted by Gasteiger charge is -2.38. The van der Waals surface area contributed by atoms with E-state index in [1.807, 2.05) is 6.92 Å². The summed E-state index contributed by atoms with van der Waals surface area (Å²) in [6, 6.07) is 4.00. The van der Waals surface area contributed by atoms with Crippen LogP contribution < -0.4 is 9.47 Å². The minimum absolute atomic E-state index is 0.00629. The zero-order valence-electron chi connectivity index (χ0n) is 27.9. The summed E-state index contributed by atoms with van der Waals surface area (Å²) in [6.07, 6.45) is 6.77. The van der Waals surface area contributed by atoms with E-state index in [1.165, 1.54) is 12.0 Å². The van der Waals surface area contributed by atoms with Crippen molar-refractivity contribution in [2.45, 2.75) is 121 Å². The molecule has 0 unspecified atom stereocenters. The van der Waals surface area contributed by atoms with E-state index in [2.05, 4.69) is 16.9 Å². The van der Waals surface area contributed by atoms with Gasteiger partial charge in [-0.2, -0.15) is 8.78 Å². The lowest BCUT2D eigenvalue weighted by atomic mass is 9.73. The van der Waals surface area contributed by atoms with Crippen molar-refractivity contribution in [3.8, 4) is 11.6 Å². The van der Waals surface area contributed by atoms with Crippen LogP contribution in [-0.4, -0.2) is 64.4 Å². The van der Waals surface area contributed by atoms with E-state index in [1.54, 1.807) is 25.1 Å². The van der Waals surface area contributed by atoms with E-state index in [4.69, 9.17) is 14.2 Å². The first kappa shape index (κ1) is 33.5. The van der Waals surface area contributed by atoms with Crippen LogP contribution in [0.5, 0.6) is 11.6 Å². The molecule has 2 saturated carbocycles. The number of esters is 1. The number of benzene rings is 1. The molecule has 11 heteroatoms. The van der Waals surface area contributed by atoms with Crippen LogP contribution in [0, 0.1) is 23.2 Å². The minimum Gasteiger partial charge on any atom is -0.497 e. The number of aldehydes is 1. The van der Waals surface area contributed by atoms with Gasteiger partial charge < -0.3 is 23.9 Å². The van der Waals surface area contributed by atoms with Crippen LogP contribution in [0.2, 0.25) is 0 Å². The Labute approximate surface area is 275 Å². The van der Waals surface area contributed by atoms with E-state index in [9.17, 15) is 14.4 Å². The van der Waals surface area contributed by atoms with Crippen LogP contribution >= 0.6 is 0 Å². The van der Waals surface area contributed by atoms with Gasteiger partial charge in [0, 0.05) is 18.4 Å². The predicted octanol–water partition coefficient (Wildman–Crippen LogP) is 6.79. The molecule has 47 heavy (non-hydrogen) atoms. The van der Waals surface area contributed by atoms with Gasteiger partial charge in [0.15, 0.2) is 5.69 Å². The van der Waals surface area contributed by atoms with Crippen molar-refractivity contribution in [1.29, 1.82) is 0 Å². The summed E-state index contributed by atoms with van der Waals surface area (Å²) in [5.41, 5.74) is -1.07. The molecule has 3 heterocycles. The van der Waals surface area contributed by atoms with Gasteiger partial charge in [-0.3, -0.25) is 9.59 Å². The highest BCUT2D eigenvalue weighted by Gasteiger charge is 2.51. The second-order valence-corrected chi connectivity index (χ2v) is 14.8.